The Morgan fingerprint density at radius 2 is 1.21 bits per heavy atom. The topological polar surface area (TPSA) is 40.5 Å². The molecular weight excluding hydrogens is 512 g/mol. The van der Waals surface area contributed by atoms with Crippen molar-refractivity contribution in [3.05, 3.63) is 130 Å². The fraction of sp³-hybridized carbons (Fsp3) is 0.450. The van der Waals surface area contributed by atoms with E-state index in [0.29, 0.717) is 5.92 Å². The van der Waals surface area contributed by atoms with Crippen LogP contribution in [0.5, 0.6) is 0 Å². The number of aliphatic hydroxyl groups is 2. The van der Waals surface area contributed by atoms with Crippen LogP contribution in [0.25, 0.3) is 0 Å². The van der Waals surface area contributed by atoms with Gasteiger partial charge in [0.25, 0.3) is 0 Å². The molecule has 0 aromatic rings. The molecule has 2 nitrogen and oxygen atoms in total. The molecule has 2 N–H and O–H groups in total. The largest absolute Gasteiger partial charge is 0.393 e. The predicted octanol–water partition coefficient (Wildman–Crippen LogP) is 10.4. The van der Waals surface area contributed by atoms with Gasteiger partial charge in [0.15, 0.2) is 0 Å². The Morgan fingerprint density at radius 3 is 1.74 bits per heavy atom. The van der Waals surface area contributed by atoms with Gasteiger partial charge in [-0.25, -0.2) is 0 Å². The van der Waals surface area contributed by atoms with Crippen LogP contribution in [0.2, 0.25) is 0 Å². The molecule has 2 aliphatic rings. The average molecular weight is 569 g/mol. The van der Waals surface area contributed by atoms with Crippen molar-refractivity contribution in [2.75, 3.05) is 0 Å². The number of rotatable bonds is 10. The number of allylic oxidation sites excluding steroid dienone is 20. The summed E-state index contributed by atoms with van der Waals surface area (Å²) in [5, 5.41) is 20.2. The second-order valence-corrected chi connectivity index (χ2v) is 13.7. The fourth-order valence-corrected chi connectivity index (χ4v) is 6.14. The minimum absolute atomic E-state index is 0.00528. The van der Waals surface area contributed by atoms with Crippen LogP contribution in [0.15, 0.2) is 130 Å². The standard InChI is InChI=1S/C40H56O2/c1-29(17-13-19-31(3)21-23-37-33(5)25-35(41)27-39(37,7)8)15-11-12-16-30(2)18-14-20-32(4)22-24-38-34(6)26-36(42)28-40(38,9)10/h11-25,35-37,41-42H,26-28H2,1-10H3/b12-11+,17-13+,18-14+,23-21+,24-22+,29-15+,30-16+,31-19-,32-20+/t35-,36+,37-/m0/s1. The average Bonchev–Trinajstić information content (AvgIpc) is 2.84. The summed E-state index contributed by atoms with van der Waals surface area (Å²) in [5.74, 6) is 0.348. The second-order valence-electron chi connectivity index (χ2n) is 13.7. The molecular formula is C40H56O2. The summed E-state index contributed by atoms with van der Waals surface area (Å²) in [6.45, 7) is 21.6. The molecule has 0 unspecified atom stereocenters. The van der Waals surface area contributed by atoms with Gasteiger partial charge in [-0.1, -0.05) is 152 Å². The van der Waals surface area contributed by atoms with E-state index in [1.54, 1.807) is 0 Å². The third-order valence-corrected chi connectivity index (χ3v) is 8.33. The van der Waals surface area contributed by atoms with Gasteiger partial charge in [-0.2, -0.15) is 0 Å². The molecule has 0 saturated heterocycles. The van der Waals surface area contributed by atoms with Crippen molar-refractivity contribution in [3.63, 3.8) is 0 Å². The van der Waals surface area contributed by atoms with E-state index < -0.39 is 0 Å². The maximum atomic E-state index is 10.1. The lowest BCUT2D eigenvalue weighted by Gasteiger charge is -2.38. The van der Waals surface area contributed by atoms with Crippen molar-refractivity contribution in [2.24, 2.45) is 16.7 Å². The minimum Gasteiger partial charge on any atom is -0.393 e. The van der Waals surface area contributed by atoms with Crippen molar-refractivity contribution in [1.29, 1.82) is 0 Å². The highest BCUT2D eigenvalue weighted by molar-refractivity contribution is 5.38. The predicted molar refractivity (Wildman–Crippen MR) is 184 cm³/mol. The first-order chi connectivity index (χ1) is 19.6. The van der Waals surface area contributed by atoms with Gasteiger partial charge in [-0.05, 0) is 77.2 Å². The highest BCUT2D eigenvalue weighted by Gasteiger charge is 2.34. The van der Waals surface area contributed by atoms with Crippen molar-refractivity contribution in [3.8, 4) is 0 Å². The molecule has 0 aromatic heterocycles. The Bertz CT molecular complexity index is 1270. The molecule has 0 amide bonds. The van der Waals surface area contributed by atoms with Crippen LogP contribution in [-0.4, -0.2) is 22.4 Å². The normalized spacial score (nSPS) is 26.6. The first-order valence-corrected chi connectivity index (χ1v) is 15.4. The van der Waals surface area contributed by atoms with Crippen molar-refractivity contribution < 1.29 is 10.2 Å². The highest BCUT2D eigenvalue weighted by atomic mass is 16.3. The third kappa shape index (κ3) is 11.7. The van der Waals surface area contributed by atoms with Crippen LogP contribution >= 0.6 is 0 Å². The Morgan fingerprint density at radius 1 is 0.714 bits per heavy atom. The highest BCUT2D eigenvalue weighted by Crippen LogP contribution is 2.42. The summed E-state index contributed by atoms with van der Waals surface area (Å²) in [4.78, 5) is 0. The van der Waals surface area contributed by atoms with Gasteiger partial charge in [0.05, 0.1) is 12.2 Å². The lowest BCUT2D eigenvalue weighted by atomic mass is 9.67. The van der Waals surface area contributed by atoms with E-state index in [-0.39, 0.29) is 23.0 Å². The zero-order valence-electron chi connectivity index (χ0n) is 27.9. The maximum Gasteiger partial charge on any atom is 0.0729 e. The molecule has 0 fully saturated rings. The van der Waals surface area contributed by atoms with E-state index in [1.165, 1.54) is 39.0 Å². The molecule has 0 radical (unpaired) electrons. The first-order valence-electron chi connectivity index (χ1n) is 15.4. The molecule has 0 bridgehead atoms. The summed E-state index contributed by atoms with van der Waals surface area (Å²) < 4.78 is 0. The molecule has 0 saturated carbocycles. The van der Waals surface area contributed by atoms with Crippen LogP contribution in [0.4, 0.5) is 0 Å². The van der Waals surface area contributed by atoms with Gasteiger partial charge < -0.3 is 10.2 Å². The summed E-state index contributed by atoms with van der Waals surface area (Å²) in [6, 6.07) is 0. The molecule has 2 rings (SSSR count). The third-order valence-electron chi connectivity index (χ3n) is 8.33. The van der Waals surface area contributed by atoms with Crippen molar-refractivity contribution in [2.45, 2.75) is 101 Å². The van der Waals surface area contributed by atoms with E-state index in [9.17, 15) is 10.2 Å². The van der Waals surface area contributed by atoms with E-state index in [4.69, 9.17) is 0 Å². The molecule has 2 aliphatic carbocycles. The summed E-state index contributed by atoms with van der Waals surface area (Å²) >= 11 is 0. The van der Waals surface area contributed by atoms with Gasteiger partial charge >= 0.3 is 0 Å². The lowest BCUT2D eigenvalue weighted by Crippen LogP contribution is -2.32. The zero-order valence-corrected chi connectivity index (χ0v) is 27.9. The second kappa shape index (κ2) is 16.1. The Hall–Kier alpha value is -2.94. The van der Waals surface area contributed by atoms with Gasteiger partial charge in [0, 0.05) is 5.92 Å². The Labute approximate surface area is 257 Å². The van der Waals surface area contributed by atoms with Crippen LogP contribution in [0.1, 0.15) is 88.5 Å². The van der Waals surface area contributed by atoms with Gasteiger partial charge in [-0.15, -0.1) is 0 Å². The number of aliphatic hydroxyl groups excluding tert-OH is 2. The van der Waals surface area contributed by atoms with Crippen LogP contribution < -0.4 is 0 Å². The molecule has 0 heterocycles. The summed E-state index contributed by atoms with van der Waals surface area (Å²) in [6.07, 6.45) is 33.8. The maximum absolute atomic E-state index is 10.1. The molecule has 0 spiro atoms. The molecule has 0 aliphatic heterocycles. The lowest BCUT2D eigenvalue weighted by molar-refractivity contribution is 0.116. The van der Waals surface area contributed by atoms with Gasteiger partial charge in [0.2, 0.25) is 0 Å². The SMILES string of the molecule is CC1=C[C@H](O)CC(C)(C)[C@H]1/C=C/C(C)=C\C=C\C(C)=C\C=C\C=C(C)\C=C\C=C(C)\C=C\C1=C(C)C[C@@H](O)CC1(C)C. The van der Waals surface area contributed by atoms with E-state index in [0.717, 1.165) is 19.3 Å². The minimum atomic E-state index is -0.331. The summed E-state index contributed by atoms with van der Waals surface area (Å²) in [5.41, 5.74) is 8.73. The monoisotopic (exact) mass is 568 g/mol. The van der Waals surface area contributed by atoms with Crippen molar-refractivity contribution >= 4 is 0 Å². The Kier molecular flexibility index (Phi) is 13.5. The van der Waals surface area contributed by atoms with E-state index in [1.807, 2.05) is 6.08 Å². The van der Waals surface area contributed by atoms with Crippen LogP contribution in [0, 0.1) is 16.7 Å². The van der Waals surface area contributed by atoms with Crippen LogP contribution in [-0.2, 0) is 0 Å². The van der Waals surface area contributed by atoms with E-state index >= 15 is 0 Å². The zero-order chi connectivity index (χ0) is 31.5. The Balaban J connectivity index is 1.90. The van der Waals surface area contributed by atoms with Crippen LogP contribution in [0.3, 0.4) is 0 Å². The fourth-order valence-electron chi connectivity index (χ4n) is 6.14. The smallest absolute Gasteiger partial charge is 0.0729 e. The number of hydrogen-bond acceptors (Lipinski definition) is 2. The first kappa shape index (κ1) is 35.3. The molecule has 42 heavy (non-hydrogen) atoms. The molecule has 3 atom stereocenters. The van der Waals surface area contributed by atoms with E-state index in [2.05, 4.69) is 154 Å². The quantitative estimate of drug-likeness (QED) is 0.203. The van der Waals surface area contributed by atoms with Crippen molar-refractivity contribution in [1.82, 2.24) is 0 Å². The number of hydrogen-bond donors (Lipinski definition) is 2. The van der Waals surface area contributed by atoms with Gasteiger partial charge in [0.1, 0.15) is 0 Å². The van der Waals surface area contributed by atoms with Gasteiger partial charge in [-0.3, -0.25) is 0 Å². The molecule has 0 aromatic carbocycles. The molecule has 228 valence electrons. The summed E-state index contributed by atoms with van der Waals surface area (Å²) in [7, 11) is 0. The molecule has 2 heteroatoms.